The van der Waals surface area contributed by atoms with Gasteiger partial charge in [-0.3, -0.25) is 4.79 Å². The van der Waals surface area contributed by atoms with Crippen LogP contribution in [0.1, 0.15) is 57.5 Å². The minimum Gasteiger partial charge on any atom is -0.492 e. The van der Waals surface area contributed by atoms with Crippen LogP contribution in [0.25, 0.3) is 0 Å². The molecule has 2 rings (SSSR count). The number of aryl methyl sites for hydroxylation is 1. The molecular formula is C19H26BrN3O2S. The molecule has 1 amide bonds. The number of nitrogens with zero attached hydrogens (tertiary/aromatic N) is 2. The molecule has 0 atom stereocenters. The van der Waals surface area contributed by atoms with Crippen molar-refractivity contribution in [2.75, 3.05) is 11.9 Å². The Bertz CT molecular complexity index is 741. The molecule has 0 aliphatic rings. The van der Waals surface area contributed by atoms with E-state index in [0.717, 1.165) is 28.1 Å². The molecule has 1 aromatic carbocycles. The summed E-state index contributed by atoms with van der Waals surface area (Å²) >= 11 is 5.00. The third kappa shape index (κ3) is 6.36. The van der Waals surface area contributed by atoms with E-state index in [0.29, 0.717) is 24.6 Å². The quantitative estimate of drug-likeness (QED) is 0.563. The maximum Gasteiger partial charge on any atom is 0.226 e. The summed E-state index contributed by atoms with van der Waals surface area (Å²) in [7, 11) is 0. The summed E-state index contributed by atoms with van der Waals surface area (Å²) in [5.41, 5.74) is 1.34. The SMILES string of the molecule is CCCc1nnc(NC(=O)CCCOc2ccc(C(C)(C)C)cc2Br)s1. The molecule has 26 heavy (non-hydrogen) atoms. The summed E-state index contributed by atoms with van der Waals surface area (Å²) in [5, 5.41) is 12.4. The maximum absolute atomic E-state index is 12.0. The molecular weight excluding hydrogens is 414 g/mol. The van der Waals surface area contributed by atoms with E-state index in [-0.39, 0.29) is 11.3 Å². The summed E-state index contributed by atoms with van der Waals surface area (Å²) in [5.74, 6) is 0.738. The first-order valence-corrected chi connectivity index (χ1v) is 10.5. The van der Waals surface area contributed by atoms with Crippen molar-refractivity contribution in [1.82, 2.24) is 10.2 Å². The first kappa shape index (κ1) is 20.8. The lowest BCUT2D eigenvalue weighted by Crippen LogP contribution is -2.13. The first-order valence-electron chi connectivity index (χ1n) is 8.84. The Balaban J connectivity index is 1.75. The monoisotopic (exact) mass is 439 g/mol. The van der Waals surface area contributed by atoms with Crippen molar-refractivity contribution in [2.45, 2.75) is 58.8 Å². The van der Waals surface area contributed by atoms with Crippen molar-refractivity contribution in [3.8, 4) is 5.75 Å². The summed E-state index contributed by atoms with van der Waals surface area (Å²) in [6, 6.07) is 6.14. The molecule has 0 unspecified atom stereocenters. The summed E-state index contributed by atoms with van der Waals surface area (Å²) in [4.78, 5) is 12.0. The Labute approximate surface area is 167 Å². The fourth-order valence-corrected chi connectivity index (χ4v) is 3.65. The molecule has 0 spiro atoms. The minimum absolute atomic E-state index is 0.0602. The smallest absolute Gasteiger partial charge is 0.226 e. The molecule has 142 valence electrons. The van der Waals surface area contributed by atoms with Gasteiger partial charge in [0.05, 0.1) is 11.1 Å². The second-order valence-electron chi connectivity index (χ2n) is 7.15. The van der Waals surface area contributed by atoms with Crippen molar-refractivity contribution in [1.29, 1.82) is 0 Å². The van der Waals surface area contributed by atoms with Gasteiger partial charge in [-0.2, -0.15) is 0 Å². The predicted octanol–water partition coefficient (Wildman–Crippen LogP) is 5.35. The van der Waals surface area contributed by atoms with Crippen LogP contribution in [0.15, 0.2) is 22.7 Å². The molecule has 0 radical (unpaired) electrons. The number of halogens is 1. The van der Waals surface area contributed by atoms with Gasteiger partial charge in [0, 0.05) is 12.8 Å². The Hall–Kier alpha value is -1.47. The van der Waals surface area contributed by atoms with E-state index < -0.39 is 0 Å². The fourth-order valence-electron chi connectivity index (χ4n) is 2.30. The van der Waals surface area contributed by atoms with E-state index >= 15 is 0 Å². The second-order valence-corrected chi connectivity index (χ2v) is 9.06. The van der Waals surface area contributed by atoms with Crippen molar-refractivity contribution in [2.24, 2.45) is 0 Å². The lowest BCUT2D eigenvalue weighted by molar-refractivity contribution is -0.116. The standard InChI is InChI=1S/C19H26BrN3O2S/c1-5-7-17-22-23-18(26-17)21-16(24)8-6-11-25-15-10-9-13(12-14(15)20)19(2,3)4/h9-10,12H,5-8,11H2,1-4H3,(H,21,23,24). The normalized spacial score (nSPS) is 11.4. The zero-order valence-electron chi connectivity index (χ0n) is 15.8. The highest BCUT2D eigenvalue weighted by Gasteiger charge is 2.15. The maximum atomic E-state index is 12.0. The number of rotatable bonds is 8. The lowest BCUT2D eigenvalue weighted by atomic mass is 9.87. The number of anilines is 1. The molecule has 0 saturated carbocycles. The van der Waals surface area contributed by atoms with Gasteiger partial charge in [-0.05, 0) is 51.9 Å². The Morgan fingerprint density at radius 2 is 2.08 bits per heavy atom. The number of ether oxygens (including phenoxy) is 1. The zero-order valence-corrected chi connectivity index (χ0v) is 18.2. The van der Waals surface area contributed by atoms with Gasteiger partial charge in [0.25, 0.3) is 0 Å². The molecule has 7 heteroatoms. The van der Waals surface area contributed by atoms with Crippen LogP contribution < -0.4 is 10.1 Å². The second kappa shape index (κ2) is 9.46. The number of amides is 1. The molecule has 0 bridgehead atoms. The van der Waals surface area contributed by atoms with E-state index in [4.69, 9.17) is 4.74 Å². The average molecular weight is 440 g/mol. The van der Waals surface area contributed by atoms with Crippen molar-refractivity contribution in [3.63, 3.8) is 0 Å². The van der Waals surface area contributed by atoms with Crippen LogP contribution in [0, 0.1) is 0 Å². The van der Waals surface area contributed by atoms with Crippen LogP contribution in [0.4, 0.5) is 5.13 Å². The molecule has 1 heterocycles. The van der Waals surface area contributed by atoms with E-state index in [2.05, 4.69) is 71.3 Å². The topological polar surface area (TPSA) is 64.1 Å². The van der Waals surface area contributed by atoms with Crippen molar-refractivity contribution in [3.05, 3.63) is 33.2 Å². The molecule has 0 saturated heterocycles. The van der Waals surface area contributed by atoms with Gasteiger partial charge >= 0.3 is 0 Å². The number of hydrogen-bond donors (Lipinski definition) is 1. The zero-order chi connectivity index (χ0) is 19.2. The van der Waals surface area contributed by atoms with Gasteiger partial charge in [0.1, 0.15) is 10.8 Å². The molecule has 1 N–H and O–H groups in total. The van der Waals surface area contributed by atoms with Gasteiger partial charge in [-0.25, -0.2) is 0 Å². The van der Waals surface area contributed by atoms with Crippen LogP contribution in [0.5, 0.6) is 5.75 Å². The van der Waals surface area contributed by atoms with Crippen LogP contribution in [0.2, 0.25) is 0 Å². The van der Waals surface area contributed by atoms with Crippen molar-refractivity contribution < 1.29 is 9.53 Å². The largest absolute Gasteiger partial charge is 0.492 e. The molecule has 1 aromatic heterocycles. The van der Waals surface area contributed by atoms with Crippen LogP contribution in [-0.2, 0) is 16.6 Å². The Kier molecular flexibility index (Phi) is 7.58. The lowest BCUT2D eigenvalue weighted by Gasteiger charge is -2.20. The number of carbonyl (C=O) groups excluding carboxylic acids is 1. The number of benzene rings is 1. The number of nitrogens with one attached hydrogen (secondary N) is 1. The average Bonchev–Trinajstić information content (AvgIpc) is 2.99. The molecule has 5 nitrogen and oxygen atoms in total. The minimum atomic E-state index is -0.0602. The van der Waals surface area contributed by atoms with Crippen LogP contribution in [0.3, 0.4) is 0 Å². The highest BCUT2D eigenvalue weighted by atomic mass is 79.9. The van der Waals surface area contributed by atoms with Gasteiger partial charge in [-0.15, -0.1) is 10.2 Å². The van der Waals surface area contributed by atoms with Gasteiger partial charge in [-0.1, -0.05) is 45.1 Å². The number of hydrogen-bond acceptors (Lipinski definition) is 5. The molecule has 0 fully saturated rings. The highest BCUT2D eigenvalue weighted by Crippen LogP contribution is 2.31. The summed E-state index contributed by atoms with van der Waals surface area (Å²) in [6.07, 6.45) is 2.94. The van der Waals surface area contributed by atoms with E-state index in [1.807, 2.05) is 6.07 Å². The van der Waals surface area contributed by atoms with E-state index in [1.54, 1.807) is 0 Å². The third-order valence-electron chi connectivity index (χ3n) is 3.78. The Morgan fingerprint density at radius 1 is 1.31 bits per heavy atom. The highest BCUT2D eigenvalue weighted by molar-refractivity contribution is 9.10. The Morgan fingerprint density at radius 3 is 2.73 bits per heavy atom. The first-order chi connectivity index (χ1) is 12.3. The summed E-state index contributed by atoms with van der Waals surface area (Å²) in [6.45, 7) is 9.11. The van der Waals surface area contributed by atoms with Gasteiger partial charge in [0.2, 0.25) is 11.0 Å². The van der Waals surface area contributed by atoms with E-state index in [9.17, 15) is 4.79 Å². The third-order valence-corrected chi connectivity index (χ3v) is 5.30. The van der Waals surface area contributed by atoms with Gasteiger partial charge < -0.3 is 10.1 Å². The fraction of sp³-hybridized carbons (Fsp3) is 0.526. The van der Waals surface area contributed by atoms with Gasteiger partial charge in [0.15, 0.2) is 0 Å². The molecule has 2 aromatic rings. The molecule has 0 aliphatic carbocycles. The predicted molar refractivity (Wildman–Crippen MR) is 110 cm³/mol. The van der Waals surface area contributed by atoms with E-state index in [1.165, 1.54) is 16.9 Å². The summed E-state index contributed by atoms with van der Waals surface area (Å²) < 4.78 is 6.73. The van der Waals surface area contributed by atoms with Crippen molar-refractivity contribution >= 4 is 38.3 Å². The van der Waals surface area contributed by atoms with Crippen LogP contribution in [-0.4, -0.2) is 22.7 Å². The van der Waals surface area contributed by atoms with Crippen LogP contribution >= 0.6 is 27.3 Å². The number of carbonyl (C=O) groups is 1. The number of aromatic nitrogens is 2. The molecule has 0 aliphatic heterocycles.